The fraction of sp³-hybridized carbons (Fsp3) is 0.364. The van der Waals surface area contributed by atoms with Crippen molar-refractivity contribution >= 4 is 17.2 Å². The molecule has 0 radical (unpaired) electrons. The number of benzene rings is 1. The van der Waals surface area contributed by atoms with Crippen molar-refractivity contribution in [1.29, 1.82) is 0 Å². The van der Waals surface area contributed by atoms with Gasteiger partial charge in [-0.25, -0.2) is 0 Å². The minimum Gasteiger partial charge on any atom is -0.399 e. The van der Waals surface area contributed by atoms with Crippen LogP contribution in [0, 0.1) is 0 Å². The first-order valence-corrected chi connectivity index (χ1v) is 4.84. The van der Waals surface area contributed by atoms with Gasteiger partial charge in [0.15, 0.2) is 5.78 Å². The summed E-state index contributed by atoms with van der Waals surface area (Å²) in [5, 5.41) is 3.31. The summed E-state index contributed by atoms with van der Waals surface area (Å²) in [5.74, 6) is 0.0770. The van der Waals surface area contributed by atoms with E-state index in [9.17, 15) is 4.79 Å². The van der Waals surface area contributed by atoms with Gasteiger partial charge in [0.1, 0.15) is 0 Å². The molecule has 0 unspecified atom stereocenters. The molecule has 0 saturated heterocycles. The third kappa shape index (κ3) is 1.87. The van der Waals surface area contributed by atoms with Crippen molar-refractivity contribution in [2.45, 2.75) is 25.8 Å². The smallest absolute Gasteiger partial charge is 0.161 e. The molecule has 0 amide bonds. The number of nitrogens with one attached hydrogen (secondary N) is 1. The number of anilines is 2. The van der Waals surface area contributed by atoms with E-state index in [0.29, 0.717) is 11.7 Å². The van der Waals surface area contributed by atoms with Crippen LogP contribution in [0.25, 0.3) is 0 Å². The lowest BCUT2D eigenvalue weighted by Gasteiger charge is -2.09. The monoisotopic (exact) mass is 190 g/mol. The van der Waals surface area contributed by atoms with Crippen LogP contribution in [0.5, 0.6) is 0 Å². The van der Waals surface area contributed by atoms with Crippen LogP contribution < -0.4 is 11.1 Å². The second kappa shape index (κ2) is 3.33. The van der Waals surface area contributed by atoms with Crippen LogP contribution in [0.1, 0.15) is 30.1 Å². The number of Topliss-reactive ketones (excluding diaryl/α,β-unsaturated/α-hetero) is 1. The molecular formula is C11H14N2O. The molecule has 0 atom stereocenters. The highest BCUT2D eigenvalue weighted by molar-refractivity contribution is 6.00. The molecule has 1 aromatic rings. The highest BCUT2D eigenvalue weighted by Gasteiger charge is 2.22. The zero-order chi connectivity index (χ0) is 10.1. The van der Waals surface area contributed by atoms with Crippen LogP contribution in [0.15, 0.2) is 18.2 Å². The average molecular weight is 190 g/mol. The first-order valence-electron chi connectivity index (χ1n) is 4.84. The molecular weight excluding hydrogens is 176 g/mol. The fourth-order valence-electron chi connectivity index (χ4n) is 1.44. The Morgan fingerprint density at radius 3 is 2.79 bits per heavy atom. The van der Waals surface area contributed by atoms with Crippen LogP contribution >= 0.6 is 0 Å². The summed E-state index contributed by atoms with van der Waals surface area (Å²) in [7, 11) is 0. The molecule has 3 N–H and O–H groups in total. The van der Waals surface area contributed by atoms with Crippen molar-refractivity contribution < 1.29 is 4.79 Å². The molecule has 1 aliphatic rings. The molecule has 2 rings (SSSR count). The maximum atomic E-state index is 11.3. The molecule has 1 saturated carbocycles. The number of ketones is 1. The van der Waals surface area contributed by atoms with Gasteiger partial charge in [0.2, 0.25) is 0 Å². The normalized spacial score (nSPS) is 15.2. The molecule has 1 aliphatic carbocycles. The van der Waals surface area contributed by atoms with Crippen LogP contribution in [-0.4, -0.2) is 11.8 Å². The van der Waals surface area contributed by atoms with Crippen LogP contribution in [0.3, 0.4) is 0 Å². The number of nitrogens with two attached hydrogens (primary N) is 1. The van der Waals surface area contributed by atoms with E-state index in [1.54, 1.807) is 19.1 Å². The summed E-state index contributed by atoms with van der Waals surface area (Å²) in [6, 6.07) is 5.90. The highest BCUT2D eigenvalue weighted by atomic mass is 16.1. The van der Waals surface area contributed by atoms with Gasteiger partial charge in [-0.3, -0.25) is 4.79 Å². The van der Waals surface area contributed by atoms with E-state index in [2.05, 4.69) is 5.32 Å². The molecule has 0 heterocycles. The Kier molecular flexibility index (Phi) is 2.15. The van der Waals surface area contributed by atoms with Crippen LogP contribution in [0.2, 0.25) is 0 Å². The molecule has 1 fully saturated rings. The Balaban J connectivity index is 2.31. The van der Waals surface area contributed by atoms with E-state index in [1.807, 2.05) is 6.07 Å². The van der Waals surface area contributed by atoms with Crippen molar-refractivity contribution in [1.82, 2.24) is 0 Å². The Morgan fingerprint density at radius 2 is 2.21 bits per heavy atom. The number of carbonyl (C=O) groups excluding carboxylic acids is 1. The van der Waals surface area contributed by atoms with Gasteiger partial charge in [0, 0.05) is 23.0 Å². The van der Waals surface area contributed by atoms with Gasteiger partial charge >= 0.3 is 0 Å². The number of hydrogen-bond acceptors (Lipinski definition) is 3. The summed E-state index contributed by atoms with van der Waals surface area (Å²) in [5.41, 5.74) is 7.97. The number of nitrogen functional groups attached to an aromatic ring is 1. The predicted octanol–water partition coefficient (Wildman–Crippen LogP) is 2.05. The van der Waals surface area contributed by atoms with Crippen LogP contribution in [-0.2, 0) is 0 Å². The van der Waals surface area contributed by atoms with Crippen molar-refractivity contribution in [3.8, 4) is 0 Å². The zero-order valence-electron chi connectivity index (χ0n) is 8.21. The lowest BCUT2D eigenvalue weighted by Crippen LogP contribution is -2.07. The Labute approximate surface area is 83.3 Å². The minimum atomic E-state index is 0.0770. The SMILES string of the molecule is CC(=O)c1ccc(N)cc1NC1CC1. The van der Waals surface area contributed by atoms with Gasteiger partial charge in [0.25, 0.3) is 0 Å². The molecule has 74 valence electrons. The maximum absolute atomic E-state index is 11.3. The molecule has 0 aromatic heterocycles. The van der Waals surface area contributed by atoms with E-state index >= 15 is 0 Å². The lowest BCUT2D eigenvalue weighted by atomic mass is 10.1. The Morgan fingerprint density at radius 1 is 1.50 bits per heavy atom. The lowest BCUT2D eigenvalue weighted by molar-refractivity contribution is 0.101. The summed E-state index contributed by atoms with van der Waals surface area (Å²) in [4.78, 5) is 11.3. The van der Waals surface area contributed by atoms with Gasteiger partial charge in [-0.1, -0.05) is 0 Å². The molecule has 14 heavy (non-hydrogen) atoms. The topological polar surface area (TPSA) is 55.1 Å². The van der Waals surface area contributed by atoms with E-state index in [-0.39, 0.29) is 5.78 Å². The molecule has 1 aromatic carbocycles. The third-order valence-electron chi connectivity index (χ3n) is 2.36. The third-order valence-corrected chi connectivity index (χ3v) is 2.36. The van der Waals surface area contributed by atoms with Gasteiger partial charge in [-0.15, -0.1) is 0 Å². The summed E-state index contributed by atoms with van der Waals surface area (Å²) >= 11 is 0. The summed E-state index contributed by atoms with van der Waals surface area (Å²) in [6.45, 7) is 1.57. The van der Waals surface area contributed by atoms with Crippen molar-refractivity contribution in [2.75, 3.05) is 11.1 Å². The van der Waals surface area contributed by atoms with E-state index in [1.165, 1.54) is 12.8 Å². The molecule has 3 nitrogen and oxygen atoms in total. The second-order valence-corrected chi connectivity index (χ2v) is 3.78. The van der Waals surface area contributed by atoms with Gasteiger partial charge < -0.3 is 11.1 Å². The standard InChI is InChI=1S/C11H14N2O/c1-7(14)10-5-2-8(12)6-11(10)13-9-3-4-9/h2,5-6,9,13H,3-4,12H2,1H3. The number of carbonyl (C=O) groups is 1. The first kappa shape index (κ1) is 9.06. The van der Waals surface area contributed by atoms with Crippen molar-refractivity contribution in [3.63, 3.8) is 0 Å². The van der Waals surface area contributed by atoms with E-state index in [0.717, 1.165) is 11.3 Å². The predicted molar refractivity (Wildman–Crippen MR) is 57.5 cm³/mol. The number of hydrogen-bond donors (Lipinski definition) is 2. The molecule has 0 bridgehead atoms. The Bertz CT molecular complexity index is 370. The van der Waals surface area contributed by atoms with Gasteiger partial charge in [-0.05, 0) is 38.0 Å². The molecule has 0 spiro atoms. The Hall–Kier alpha value is -1.51. The second-order valence-electron chi connectivity index (χ2n) is 3.78. The molecule has 0 aliphatic heterocycles. The number of rotatable bonds is 3. The van der Waals surface area contributed by atoms with Gasteiger partial charge in [-0.2, -0.15) is 0 Å². The quantitative estimate of drug-likeness (QED) is 0.566. The first-order chi connectivity index (χ1) is 6.66. The molecule has 3 heteroatoms. The van der Waals surface area contributed by atoms with E-state index in [4.69, 9.17) is 5.73 Å². The largest absolute Gasteiger partial charge is 0.399 e. The fourth-order valence-corrected chi connectivity index (χ4v) is 1.44. The highest BCUT2D eigenvalue weighted by Crippen LogP contribution is 2.28. The van der Waals surface area contributed by atoms with Crippen molar-refractivity contribution in [2.24, 2.45) is 0 Å². The van der Waals surface area contributed by atoms with Crippen molar-refractivity contribution in [3.05, 3.63) is 23.8 Å². The van der Waals surface area contributed by atoms with Gasteiger partial charge in [0.05, 0.1) is 0 Å². The van der Waals surface area contributed by atoms with Crippen LogP contribution in [0.4, 0.5) is 11.4 Å². The summed E-state index contributed by atoms with van der Waals surface area (Å²) < 4.78 is 0. The van der Waals surface area contributed by atoms with E-state index < -0.39 is 0 Å². The maximum Gasteiger partial charge on any atom is 0.161 e. The average Bonchev–Trinajstić information content (AvgIpc) is 2.87. The minimum absolute atomic E-state index is 0.0770. The summed E-state index contributed by atoms with van der Waals surface area (Å²) in [6.07, 6.45) is 2.37. The zero-order valence-corrected chi connectivity index (χ0v) is 8.21.